The van der Waals surface area contributed by atoms with Crippen molar-refractivity contribution in [3.05, 3.63) is 83.2 Å². The minimum atomic E-state index is -4.81. The highest BCUT2D eigenvalue weighted by Gasteiger charge is 2.51. The summed E-state index contributed by atoms with van der Waals surface area (Å²) in [6.45, 7) is 2.63. The van der Waals surface area contributed by atoms with E-state index in [9.17, 15) is 26.7 Å². The molecule has 0 aliphatic carbocycles. The minimum Gasteiger partial charge on any atom is -0.376 e. The Hall–Kier alpha value is -2.44. The maximum atomic E-state index is 13.3. The zero-order valence-corrected chi connectivity index (χ0v) is 21.3. The Morgan fingerprint density at radius 3 is 2.33 bits per heavy atom. The molecule has 2 aromatic carbocycles. The van der Waals surface area contributed by atoms with Gasteiger partial charge in [-0.25, -0.2) is 8.42 Å². The SMILES string of the molecule is CC(O)(c1ccc(N2CCN(S(=O)(=O)c3cccs3)C[C@@H]2CNCc2ccccc2)cc1)C(F)(F)F. The second-order valence-corrected chi connectivity index (χ2v) is 12.0. The fraction of sp³-hybridized carbons (Fsp3) is 0.360. The van der Waals surface area contributed by atoms with Crippen LogP contribution in [0.3, 0.4) is 0 Å². The van der Waals surface area contributed by atoms with Gasteiger partial charge in [0.05, 0.1) is 6.04 Å². The van der Waals surface area contributed by atoms with Gasteiger partial charge in [0.1, 0.15) is 4.21 Å². The van der Waals surface area contributed by atoms with E-state index in [0.717, 1.165) is 12.5 Å². The van der Waals surface area contributed by atoms with Crippen molar-refractivity contribution in [1.29, 1.82) is 0 Å². The third-order valence-electron chi connectivity index (χ3n) is 6.40. The van der Waals surface area contributed by atoms with E-state index >= 15 is 0 Å². The van der Waals surface area contributed by atoms with Crippen LogP contribution in [0, 0.1) is 0 Å². The summed E-state index contributed by atoms with van der Waals surface area (Å²) in [5.41, 5.74) is -1.47. The van der Waals surface area contributed by atoms with Crippen LogP contribution < -0.4 is 10.2 Å². The van der Waals surface area contributed by atoms with Gasteiger partial charge in [-0.15, -0.1) is 11.3 Å². The van der Waals surface area contributed by atoms with Crippen molar-refractivity contribution in [2.75, 3.05) is 31.1 Å². The number of nitrogens with one attached hydrogen (secondary N) is 1. The number of alkyl halides is 3. The van der Waals surface area contributed by atoms with Crippen LogP contribution in [-0.4, -0.2) is 56.2 Å². The zero-order valence-electron chi connectivity index (χ0n) is 19.6. The van der Waals surface area contributed by atoms with Gasteiger partial charge in [0.15, 0.2) is 5.60 Å². The van der Waals surface area contributed by atoms with Gasteiger partial charge in [-0.05, 0) is 41.6 Å². The fourth-order valence-electron chi connectivity index (χ4n) is 4.22. The molecule has 1 aliphatic heterocycles. The molecule has 0 saturated carbocycles. The molecule has 36 heavy (non-hydrogen) atoms. The first-order chi connectivity index (χ1) is 17.0. The van der Waals surface area contributed by atoms with E-state index in [1.165, 1.54) is 27.8 Å². The third-order valence-corrected chi connectivity index (χ3v) is 9.64. The number of benzene rings is 2. The number of sulfonamides is 1. The maximum absolute atomic E-state index is 13.3. The Morgan fingerprint density at radius 1 is 1.03 bits per heavy atom. The van der Waals surface area contributed by atoms with Crippen LogP contribution in [0.5, 0.6) is 0 Å². The first-order valence-electron chi connectivity index (χ1n) is 11.4. The fourth-order valence-corrected chi connectivity index (χ4v) is 6.83. The molecule has 1 aliphatic rings. The van der Waals surface area contributed by atoms with E-state index in [4.69, 9.17) is 0 Å². The molecule has 0 amide bonds. The third kappa shape index (κ3) is 5.60. The van der Waals surface area contributed by atoms with Crippen molar-refractivity contribution >= 4 is 27.0 Å². The van der Waals surface area contributed by atoms with Crippen LogP contribution in [0.4, 0.5) is 18.9 Å². The number of hydrogen-bond donors (Lipinski definition) is 2. The molecule has 0 spiro atoms. The molecule has 1 aromatic heterocycles. The number of thiophene rings is 1. The highest BCUT2D eigenvalue weighted by atomic mass is 32.2. The van der Waals surface area contributed by atoms with Crippen LogP contribution in [0.25, 0.3) is 0 Å². The second-order valence-electron chi connectivity index (χ2n) is 8.88. The lowest BCUT2D eigenvalue weighted by molar-refractivity contribution is -0.258. The predicted molar refractivity (Wildman–Crippen MR) is 134 cm³/mol. The highest BCUT2D eigenvalue weighted by molar-refractivity contribution is 7.91. The maximum Gasteiger partial charge on any atom is 0.421 e. The standard InChI is InChI=1S/C25H28F3N3O3S2/c1-24(32,25(26,27)28)20-9-11-21(12-10-20)31-14-13-30(36(33,34)23-8-5-15-35-23)18-22(31)17-29-16-19-6-3-2-4-7-19/h2-12,15,22,29,32H,13-14,16-18H2,1H3/t22-,24?/m0/s1. The first kappa shape index (κ1) is 26.6. The van der Waals surface area contributed by atoms with Gasteiger partial charge >= 0.3 is 6.18 Å². The van der Waals surface area contributed by atoms with Crippen LogP contribution in [-0.2, 0) is 22.2 Å². The van der Waals surface area contributed by atoms with Crippen LogP contribution in [0.15, 0.2) is 76.3 Å². The Morgan fingerprint density at radius 2 is 1.72 bits per heavy atom. The van der Waals surface area contributed by atoms with Crippen LogP contribution >= 0.6 is 11.3 Å². The van der Waals surface area contributed by atoms with Crippen molar-refractivity contribution < 1.29 is 26.7 Å². The summed E-state index contributed by atoms with van der Waals surface area (Å²) in [6.07, 6.45) is -4.81. The van der Waals surface area contributed by atoms with Crippen molar-refractivity contribution in [2.24, 2.45) is 0 Å². The Bertz CT molecular complexity index is 1230. The molecule has 2 atom stereocenters. The Labute approximate surface area is 213 Å². The summed E-state index contributed by atoms with van der Waals surface area (Å²) in [7, 11) is -3.64. The molecule has 6 nitrogen and oxygen atoms in total. The van der Waals surface area contributed by atoms with Gasteiger partial charge in [0, 0.05) is 38.4 Å². The summed E-state index contributed by atoms with van der Waals surface area (Å²) in [5, 5.41) is 15.1. The minimum absolute atomic E-state index is 0.226. The normalized spacial score (nSPS) is 19.2. The predicted octanol–water partition coefficient (Wildman–Crippen LogP) is 4.19. The summed E-state index contributed by atoms with van der Waals surface area (Å²) in [5.74, 6) is 0. The number of aliphatic hydroxyl groups is 1. The molecule has 0 radical (unpaired) electrons. The molecule has 1 unspecified atom stereocenters. The number of piperazine rings is 1. The number of anilines is 1. The zero-order chi connectivity index (χ0) is 26.0. The molecule has 11 heteroatoms. The van der Waals surface area contributed by atoms with Crippen molar-refractivity contribution in [2.45, 2.75) is 35.5 Å². The molecule has 1 saturated heterocycles. The average Bonchev–Trinajstić information content (AvgIpc) is 3.40. The van der Waals surface area contributed by atoms with Crippen LogP contribution in [0.1, 0.15) is 18.1 Å². The first-order valence-corrected chi connectivity index (χ1v) is 13.8. The Balaban J connectivity index is 1.55. The molecule has 4 rings (SSSR count). The van der Waals surface area contributed by atoms with E-state index in [-0.39, 0.29) is 28.9 Å². The molecule has 2 N–H and O–H groups in total. The van der Waals surface area contributed by atoms with E-state index in [2.05, 4.69) is 5.32 Å². The van der Waals surface area contributed by atoms with E-state index in [1.54, 1.807) is 29.6 Å². The summed E-state index contributed by atoms with van der Waals surface area (Å²) >= 11 is 1.17. The molecule has 194 valence electrons. The average molecular weight is 540 g/mol. The van der Waals surface area contributed by atoms with E-state index < -0.39 is 21.8 Å². The van der Waals surface area contributed by atoms with Gasteiger partial charge in [-0.2, -0.15) is 17.5 Å². The van der Waals surface area contributed by atoms with Gasteiger partial charge in [0.2, 0.25) is 0 Å². The molecule has 1 fully saturated rings. The lowest BCUT2D eigenvalue weighted by atomic mass is 9.95. The lowest BCUT2D eigenvalue weighted by Crippen LogP contribution is -2.57. The molecular weight excluding hydrogens is 511 g/mol. The van der Waals surface area contributed by atoms with Crippen molar-refractivity contribution in [3.8, 4) is 0 Å². The molecule has 3 aromatic rings. The van der Waals surface area contributed by atoms with Gasteiger partial charge in [-0.3, -0.25) is 0 Å². The van der Waals surface area contributed by atoms with E-state index in [0.29, 0.717) is 25.3 Å². The largest absolute Gasteiger partial charge is 0.421 e. The molecule has 2 heterocycles. The summed E-state index contributed by atoms with van der Waals surface area (Å²) < 4.78 is 67.8. The number of nitrogens with zero attached hydrogens (tertiary/aromatic N) is 2. The molecular formula is C25H28F3N3O3S2. The topological polar surface area (TPSA) is 72.9 Å². The molecule has 0 bridgehead atoms. The van der Waals surface area contributed by atoms with Crippen molar-refractivity contribution in [1.82, 2.24) is 9.62 Å². The summed E-state index contributed by atoms with van der Waals surface area (Å²) in [6, 6.07) is 18.4. The smallest absolute Gasteiger partial charge is 0.376 e. The van der Waals surface area contributed by atoms with Gasteiger partial charge in [0.25, 0.3) is 10.0 Å². The second kappa shape index (κ2) is 10.5. The highest BCUT2D eigenvalue weighted by Crippen LogP contribution is 2.39. The quantitative estimate of drug-likeness (QED) is 0.449. The van der Waals surface area contributed by atoms with E-state index in [1.807, 2.05) is 35.2 Å². The monoisotopic (exact) mass is 539 g/mol. The Kier molecular flexibility index (Phi) is 7.77. The summed E-state index contributed by atoms with van der Waals surface area (Å²) in [4.78, 5) is 2.00. The van der Waals surface area contributed by atoms with Gasteiger partial charge in [-0.1, -0.05) is 48.5 Å². The van der Waals surface area contributed by atoms with Crippen molar-refractivity contribution in [3.63, 3.8) is 0 Å². The lowest BCUT2D eigenvalue weighted by Gasteiger charge is -2.42. The number of rotatable bonds is 8. The number of hydrogen-bond acceptors (Lipinski definition) is 6. The van der Waals surface area contributed by atoms with Crippen LogP contribution in [0.2, 0.25) is 0 Å². The number of halogens is 3. The van der Waals surface area contributed by atoms with Gasteiger partial charge < -0.3 is 15.3 Å².